The largest absolute Gasteiger partial charge is 0.378 e. The highest BCUT2D eigenvalue weighted by atomic mass is 35.5. The lowest BCUT2D eigenvalue weighted by molar-refractivity contribution is -0.147. The molecule has 4 heterocycles. The van der Waals surface area contributed by atoms with Crippen molar-refractivity contribution in [2.75, 3.05) is 32.8 Å². The SMILES string of the molecule is CC(C)(C)[C@@H](C(=O)N1C[C@@H]2C[C@H]1CN2C(=O)[C@@H]1COCCN1S(=O)(=O)c1cc(Cl)ccc1Cl)n1c(C(N)=O)cc2ccccc21. The number of halogens is 2. The lowest BCUT2D eigenvalue weighted by Crippen LogP contribution is -2.60. The van der Waals surface area contributed by atoms with E-state index in [1.165, 1.54) is 18.2 Å². The van der Waals surface area contributed by atoms with Gasteiger partial charge in [0.25, 0.3) is 5.91 Å². The topological polar surface area (TPSA) is 135 Å². The van der Waals surface area contributed by atoms with Crippen LogP contribution in [0, 0.1) is 5.41 Å². The van der Waals surface area contributed by atoms with Gasteiger partial charge in [0.15, 0.2) is 0 Å². The maximum absolute atomic E-state index is 14.4. The number of nitrogens with zero attached hydrogens (tertiary/aromatic N) is 4. The Morgan fingerprint density at radius 2 is 1.69 bits per heavy atom. The maximum atomic E-state index is 14.4. The monoisotopic (exact) mass is 675 g/mol. The Balaban J connectivity index is 1.25. The first-order valence-corrected chi connectivity index (χ1v) is 16.9. The van der Waals surface area contributed by atoms with Crippen LogP contribution in [0.1, 0.15) is 43.7 Å². The second-order valence-corrected chi connectivity index (χ2v) is 15.6. The lowest BCUT2D eigenvalue weighted by atomic mass is 9.85. The van der Waals surface area contributed by atoms with Gasteiger partial charge in [0, 0.05) is 35.6 Å². The summed E-state index contributed by atoms with van der Waals surface area (Å²) in [5, 5.41) is 1.02. The number of sulfonamides is 1. The molecule has 2 bridgehead atoms. The molecule has 3 aromatic rings. The average Bonchev–Trinajstić information content (AvgIpc) is 3.71. The summed E-state index contributed by atoms with van der Waals surface area (Å²) in [5.41, 5.74) is 6.19. The van der Waals surface area contributed by atoms with Gasteiger partial charge in [0.1, 0.15) is 22.7 Å². The Morgan fingerprint density at radius 3 is 2.36 bits per heavy atom. The number of amides is 3. The van der Waals surface area contributed by atoms with Gasteiger partial charge >= 0.3 is 0 Å². The molecule has 0 aliphatic carbocycles. The molecule has 2 aromatic carbocycles. The van der Waals surface area contributed by atoms with Crippen LogP contribution in [-0.4, -0.2) is 95.8 Å². The van der Waals surface area contributed by atoms with Crippen molar-refractivity contribution in [1.29, 1.82) is 0 Å². The van der Waals surface area contributed by atoms with E-state index in [4.69, 9.17) is 33.7 Å². The van der Waals surface area contributed by atoms with E-state index < -0.39 is 33.4 Å². The number of likely N-dealkylation sites (tertiary alicyclic amines) is 2. The van der Waals surface area contributed by atoms with E-state index in [-0.39, 0.29) is 77.4 Å². The number of aromatic nitrogens is 1. The third kappa shape index (κ3) is 5.50. The molecule has 1 aromatic heterocycles. The predicted octanol–water partition coefficient (Wildman–Crippen LogP) is 3.54. The summed E-state index contributed by atoms with van der Waals surface area (Å²) in [7, 11) is -4.17. The van der Waals surface area contributed by atoms with Crippen LogP contribution >= 0.6 is 23.2 Å². The molecule has 3 aliphatic heterocycles. The molecular formula is C31H35Cl2N5O6S. The molecule has 3 aliphatic rings. The zero-order valence-electron chi connectivity index (χ0n) is 25.2. The number of carbonyl (C=O) groups is 3. The van der Waals surface area contributed by atoms with Gasteiger partial charge in [-0.3, -0.25) is 14.4 Å². The molecule has 14 heteroatoms. The maximum Gasteiger partial charge on any atom is 0.265 e. The first kappa shape index (κ1) is 31.8. The molecule has 3 amide bonds. The van der Waals surface area contributed by atoms with E-state index in [1.807, 2.05) is 45.0 Å². The molecule has 11 nitrogen and oxygen atoms in total. The third-order valence-corrected chi connectivity index (χ3v) is 11.6. The van der Waals surface area contributed by atoms with Gasteiger partial charge in [0.05, 0.1) is 30.3 Å². The molecular weight excluding hydrogens is 641 g/mol. The third-order valence-electron chi connectivity index (χ3n) is 8.96. The van der Waals surface area contributed by atoms with Gasteiger partial charge in [0.2, 0.25) is 21.8 Å². The van der Waals surface area contributed by atoms with Crippen LogP contribution in [-0.2, 0) is 24.3 Å². The molecule has 0 saturated carbocycles. The molecule has 3 fully saturated rings. The van der Waals surface area contributed by atoms with Crippen LogP contribution in [0.2, 0.25) is 10.0 Å². The van der Waals surface area contributed by atoms with Gasteiger partial charge in [-0.2, -0.15) is 4.31 Å². The summed E-state index contributed by atoms with van der Waals surface area (Å²) < 4.78 is 35.9. The second-order valence-electron chi connectivity index (χ2n) is 12.9. The Labute approximate surface area is 271 Å². The van der Waals surface area contributed by atoms with Crippen molar-refractivity contribution >= 4 is 61.8 Å². The predicted molar refractivity (Wildman–Crippen MR) is 170 cm³/mol. The van der Waals surface area contributed by atoms with Crippen molar-refractivity contribution in [3.63, 3.8) is 0 Å². The molecule has 0 radical (unpaired) electrons. The molecule has 240 valence electrons. The number of hydrogen-bond acceptors (Lipinski definition) is 6. The first-order chi connectivity index (χ1) is 21.2. The normalized spacial score (nSPS) is 23.1. The van der Waals surface area contributed by atoms with E-state index in [0.29, 0.717) is 6.42 Å². The van der Waals surface area contributed by atoms with Crippen molar-refractivity contribution in [1.82, 2.24) is 18.7 Å². The summed E-state index contributed by atoms with van der Waals surface area (Å²) in [4.78, 5) is 44.2. The van der Waals surface area contributed by atoms with Crippen LogP contribution in [0.25, 0.3) is 10.9 Å². The van der Waals surface area contributed by atoms with Gasteiger partial charge in [-0.15, -0.1) is 0 Å². The van der Waals surface area contributed by atoms with Crippen molar-refractivity contribution < 1.29 is 27.5 Å². The summed E-state index contributed by atoms with van der Waals surface area (Å²) in [6, 6.07) is 11.0. The molecule has 45 heavy (non-hydrogen) atoms. The number of benzene rings is 2. The molecule has 4 atom stereocenters. The van der Waals surface area contributed by atoms with E-state index in [0.717, 1.165) is 15.2 Å². The second kappa shape index (κ2) is 11.6. The van der Waals surface area contributed by atoms with E-state index in [9.17, 15) is 22.8 Å². The number of carbonyl (C=O) groups excluding carboxylic acids is 3. The zero-order chi connectivity index (χ0) is 32.4. The number of nitrogens with two attached hydrogens (primary N) is 1. The Bertz CT molecular complexity index is 1810. The number of primary amides is 1. The van der Waals surface area contributed by atoms with Gasteiger partial charge in [-0.1, -0.05) is 62.2 Å². The van der Waals surface area contributed by atoms with Crippen molar-refractivity contribution in [3.05, 3.63) is 64.3 Å². The highest BCUT2D eigenvalue weighted by molar-refractivity contribution is 7.89. The molecule has 0 unspecified atom stereocenters. The average molecular weight is 677 g/mol. The number of para-hydroxylation sites is 1. The van der Waals surface area contributed by atoms with Crippen LogP contribution in [0.4, 0.5) is 0 Å². The van der Waals surface area contributed by atoms with Crippen LogP contribution < -0.4 is 5.73 Å². The Morgan fingerprint density at radius 1 is 1.00 bits per heavy atom. The minimum absolute atomic E-state index is 0.00911. The zero-order valence-corrected chi connectivity index (χ0v) is 27.5. The molecule has 0 spiro atoms. The fourth-order valence-electron chi connectivity index (χ4n) is 6.94. The fraction of sp³-hybridized carbons (Fsp3) is 0.452. The first-order valence-electron chi connectivity index (χ1n) is 14.8. The van der Waals surface area contributed by atoms with E-state index in [1.54, 1.807) is 20.4 Å². The Hall–Kier alpha value is -3.16. The van der Waals surface area contributed by atoms with Gasteiger partial charge in [-0.25, -0.2) is 8.42 Å². The summed E-state index contributed by atoms with van der Waals surface area (Å²) >= 11 is 12.3. The standard InChI is InChI=1S/C31H35Cl2N5O6S/c1-31(2,3)27(38-23-7-5-4-6-18(23)12-24(38)28(34)39)30(41)36-16-20-14-21(36)15-35(20)29(40)25-17-44-11-10-37(25)45(42,43)26-13-19(32)8-9-22(26)33/h4-9,12-13,20-21,25,27H,10-11,14-17H2,1-3H3,(H2,34,39)/t20-,21-,25-,27+/m0/s1. The quantitative estimate of drug-likeness (QED) is 0.425. The number of piperazine rings is 1. The molecule has 3 saturated heterocycles. The van der Waals surface area contributed by atoms with Crippen molar-refractivity contribution in [3.8, 4) is 0 Å². The van der Waals surface area contributed by atoms with Gasteiger partial charge in [-0.05, 0) is 42.2 Å². The highest BCUT2D eigenvalue weighted by Gasteiger charge is 2.52. The summed E-state index contributed by atoms with van der Waals surface area (Å²) in [6.45, 7) is 6.39. The lowest BCUT2D eigenvalue weighted by Gasteiger charge is -2.42. The number of ether oxygens (including phenoxy) is 1. The van der Waals surface area contributed by atoms with Crippen molar-refractivity contribution in [2.24, 2.45) is 11.1 Å². The minimum Gasteiger partial charge on any atom is -0.378 e. The molecule has 6 rings (SSSR count). The summed E-state index contributed by atoms with van der Waals surface area (Å²) in [6.07, 6.45) is 0.559. The van der Waals surface area contributed by atoms with Gasteiger partial charge < -0.3 is 24.8 Å². The number of rotatable bonds is 6. The van der Waals surface area contributed by atoms with Crippen LogP contribution in [0.15, 0.2) is 53.4 Å². The summed E-state index contributed by atoms with van der Waals surface area (Å²) in [5.74, 6) is -1.16. The number of morpholine rings is 1. The minimum atomic E-state index is -4.17. The van der Waals surface area contributed by atoms with Crippen molar-refractivity contribution in [2.45, 2.75) is 56.3 Å². The number of fused-ring (bicyclic) bond motifs is 3. The van der Waals surface area contributed by atoms with Crippen LogP contribution in [0.3, 0.4) is 0 Å². The smallest absolute Gasteiger partial charge is 0.265 e. The Kier molecular flexibility index (Phi) is 8.18. The number of hydrogen-bond donors (Lipinski definition) is 1. The van der Waals surface area contributed by atoms with E-state index in [2.05, 4.69) is 0 Å². The van der Waals surface area contributed by atoms with Crippen LogP contribution in [0.5, 0.6) is 0 Å². The molecule has 2 N–H and O–H groups in total. The fourth-order valence-corrected chi connectivity index (χ4v) is 9.23. The van der Waals surface area contributed by atoms with E-state index >= 15 is 0 Å². The highest BCUT2D eigenvalue weighted by Crippen LogP contribution is 2.41.